The number of benzene rings is 1. The Morgan fingerprint density at radius 1 is 0.882 bits per heavy atom. The van der Waals surface area contributed by atoms with Crippen molar-refractivity contribution in [2.45, 2.75) is 81.9 Å². The first-order valence-corrected chi connectivity index (χ1v) is 17.1. The molecule has 1 saturated heterocycles. The Morgan fingerprint density at radius 2 is 1.41 bits per heavy atom. The predicted molar refractivity (Wildman–Crippen MR) is 168 cm³/mol. The van der Waals surface area contributed by atoms with Crippen LogP contribution < -0.4 is 32.3 Å². The van der Waals surface area contributed by atoms with E-state index in [-0.39, 0.29) is 23.8 Å². The molecule has 51 heavy (non-hydrogen) atoms. The van der Waals surface area contributed by atoms with E-state index in [9.17, 15) is 35.9 Å². The second kappa shape index (κ2) is 24.3. The van der Waals surface area contributed by atoms with Crippen LogP contribution in [0.25, 0.3) is 0 Å². The fourth-order valence-corrected chi connectivity index (χ4v) is 5.24. The number of hydrogen-bond donors (Lipinski definition) is 3. The summed E-state index contributed by atoms with van der Waals surface area (Å²) >= 11 is 1.52. The number of nitrogens with zero attached hydrogens (tertiary/aromatic N) is 2. The van der Waals surface area contributed by atoms with Crippen molar-refractivity contribution < 1.29 is 71.0 Å². The number of carboxylic acids is 2. The Bertz CT molecular complexity index is 1340. The zero-order valence-electron chi connectivity index (χ0n) is 27.7. The predicted octanol–water partition coefficient (Wildman–Crippen LogP) is 0.00180. The number of hydrogen-bond acceptors (Lipinski definition) is 11. The van der Waals surface area contributed by atoms with E-state index >= 15 is 0 Å². The molecule has 0 radical (unpaired) electrons. The number of nitrogens with two attached hydrogens (primary N) is 3. The van der Waals surface area contributed by atoms with Gasteiger partial charge in [0.1, 0.15) is 42.6 Å². The van der Waals surface area contributed by atoms with E-state index in [4.69, 9.17) is 35.0 Å². The van der Waals surface area contributed by atoms with Gasteiger partial charge in [-0.2, -0.15) is 31.3 Å². The number of nitrogen functional groups attached to an aromatic ring is 1. The standard InChI is InChI=1S/C27H41N5O4S.2C2HF3O2/c28-23-14-18-32(27(34)31-23)24-21-37-26(36-24)20-35-25(33)13-7-4-10-16-29-15-8-1-2-9-17-30-19-22-11-5-3-6-12-22;2*3-2(4,5)1(6)7/h3,5-6,11-12,14,18,24,26,29-30H,1-2,4,7-10,13,15-17,19-21H2,(H2,28,31,34);2*(H,6,7)/t24-,26+;;/m0../s1. The van der Waals surface area contributed by atoms with Crippen LogP contribution in [0, 0.1) is 0 Å². The topological polar surface area (TPSA) is 210 Å². The summed E-state index contributed by atoms with van der Waals surface area (Å²) < 4.78 is 75.7. The molecule has 0 amide bonds. The molecule has 6 N–H and O–H groups in total. The highest BCUT2D eigenvalue weighted by atomic mass is 32.2. The summed E-state index contributed by atoms with van der Waals surface area (Å²) in [5, 5.41) is 22.4. The monoisotopic (exact) mass is 759 g/mol. The van der Waals surface area contributed by atoms with Gasteiger partial charge >= 0.3 is 24.0 Å². The highest BCUT2D eigenvalue weighted by Crippen LogP contribution is 2.31. The van der Waals surface area contributed by atoms with E-state index in [1.165, 1.54) is 60.7 Å². The third-order valence-corrected chi connectivity index (χ3v) is 7.91. The van der Waals surface area contributed by atoms with E-state index in [1.807, 2.05) is 0 Å². The van der Waals surface area contributed by atoms with E-state index < -0.39 is 36.2 Å². The fourth-order valence-electron chi connectivity index (χ4n) is 4.25. The van der Waals surface area contributed by atoms with Crippen molar-refractivity contribution in [1.29, 1.82) is 0 Å². The van der Waals surface area contributed by atoms with E-state index in [0.29, 0.717) is 12.2 Å². The van der Waals surface area contributed by atoms with Crippen LogP contribution in [0.15, 0.2) is 47.4 Å². The second-order valence-corrected chi connectivity index (χ2v) is 12.2. The summed E-state index contributed by atoms with van der Waals surface area (Å²) in [7, 11) is 0. The number of rotatable bonds is 18. The number of thioether (sulfide) groups is 1. The van der Waals surface area contributed by atoms with Crippen molar-refractivity contribution in [2.75, 3.05) is 37.7 Å². The van der Waals surface area contributed by atoms with Crippen LogP contribution in [0.2, 0.25) is 0 Å². The number of carbonyl (C=O) groups is 3. The van der Waals surface area contributed by atoms with Gasteiger partial charge in [0.25, 0.3) is 0 Å². The lowest BCUT2D eigenvalue weighted by Gasteiger charge is -2.14. The summed E-state index contributed by atoms with van der Waals surface area (Å²) in [6, 6.07) is 12.2. The molecule has 1 aromatic carbocycles. The molecule has 13 nitrogen and oxygen atoms in total. The number of aromatic nitrogens is 2. The minimum atomic E-state index is -5.19. The van der Waals surface area contributed by atoms with Crippen molar-refractivity contribution in [3.05, 3.63) is 58.6 Å². The maximum atomic E-state index is 12.0. The molecule has 0 bridgehead atoms. The Hall–Kier alpha value is -3.88. The van der Waals surface area contributed by atoms with Gasteiger partial charge in [-0.25, -0.2) is 4.79 Å². The molecule has 3 rings (SSSR count). The van der Waals surface area contributed by atoms with Gasteiger partial charge in [-0.05, 0) is 51.0 Å². The molecule has 0 saturated carbocycles. The first-order chi connectivity index (χ1) is 24.0. The number of alkyl halides is 6. The van der Waals surface area contributed by atoms with E-state index in [0.717, 1.165) is 32.4 Å². The van der Waals surface area contributed by atoms with Crippen molar-refractivity contribution in [3.63, 3.8) is 0 Å². The van der Waals surface area contributed by atoms with Gasteiger partial charge in [-0.15, -0.1) is 11.8 Å². The number of aliphatic carboxylic acids is 2. The third kappa shape index (κ3) is 21.8. The summed E-state index contributed by atoms with van der Waals surface area (Å²) in [5.41, 5.74) is 6.21. The van der Waals surface area contributed by atoms with Crippen LogP contribution in [0.1, 0.15) is 63.2 Å². The quantitative estimate of drug-likeness (QED) is 0.105. The smallest absolute Gasteiger partial charge is 0.430 e. The number of anilines is 1. The van der Waals surface area contributed by atoms with Gasteiger partial charge in [-0.1, -0.05) is 30.3 Å². The summed E-state index contributed by atoms with van der Waals surface area (Å²) in [5.74, 6) is -5.42. The molecule has 1 fully saturated rings. The molecule has 2 aromatic rings. The average Bonchev–Trinajstić information content (AvgIpc) is 3.53. The zero-order chi connectivity index (χ0) is 38.3. The van der Waals surface area contributed by atoms with Gasteiger partial charge in [0.2, 0.25) is 0 Å². The minimum Gasteiger partial charge on any atom is -0.542 e. The SMILES string of the molecule is Nc1ccn([C@@H]2CS[C@H](COC(=O)CCCCC[NH2+]CCCCCC[NH2+]Cc3ccccc3)O2)c(=O)n1.O=C([O-])C(F)(F)F.O=C([O-])C(F)(F)F. The minimum absolute atomic E-state index is 0.186. The molecule has 20 heteroatoms. The summed E-state index contributed by atoms with van der Waals surface area (Å²) in [6.45, 7) is 4.78. The normalized spacial score (nSPS) is 15.6. The average molecular weight is 760 g/mol. The number of carbonyl (C=O) groups excluding carboxylic acids is 3. The molecule has 0 spiro atoms. The highest BCUT2D eigenvalue weighted by molar-refractivity contribution is 8.00. The Balaban J connectivity index is 0.000000780. The Morgan fingerprint density at radius 3 is 1.94 bits per heavy atom. The van der Waals surface area contributed by atoms with Crippen LogP contribution in [0.4, 0.5) is 32.2 Å². The van der Waals surface area contributed by atoms with Crippen molar-refractivity contribution >= 4 is 35.5 Å². The maximum absolute atomic E-state index is 12.0. The van der Waals surface area contributed by atoms with Gasteiger partial charge in [0.15, 0.2) is 0 Å². The molecule has 1 aliphatic heterocycles. The van der Waals surface area contributed by atoms with Gasteiger partial charge in [0, 0.05) is 23.9 Å². The number of quaternary nitrogens is 2. The first-order valence-electron chi connectivity index (χ1n) is 16.0. The number of esters is 1. The largest absolute Gasteiger partial charge is 0.542 e. The van der Waals surface area contributed by atoms with E-state index in [2.05, 4.69) is 45.9 Å². The van der Waals surface area contributed by atoms with Gasteiger partial charge < -0.3 is 45.6 Å². The number of unbranched alkanes of at least 4 members (excludes halogenated alkanes) is 5. The molecule has 0 unspecified atom stereocenters. The number of halogens is 6. The van der Waals surface area contributed by atoms with Crippen LogP contribution >= 0.6 is 11.8 Å². The molecular formula is C31H43F6N5O8S. The lowest BCUT2D eigenvalue weighted by atomic mass is 10.1. The Kier molecular flexibility index (Phi) is 21.5. The zero-order valence-corrected chi connectivity index (χ0v) is 28.5. The molecule has 2 atom stereocenters. The van der Waals surface area contributed by atoms with Crippen LogP contribution in [0.3, 0.4) is 0 Å². The van der Waals surface area contributed by atoms with Gasteiger partial charge in [-0.3, -0.25) is 9.36 Å². The molecule has 288 valence electrons. The van der Waals surface area contributed by atoms with Crippen molar-refractivity contribution in [3.8, 4) is 0 Å². The summed E-state index contributed by atoms with van der Waals surface area (Å²) in [6.07, 6.45) is -0.621. The molecule has 0 aliphatic carbocycles. The third-order valence-electron chi connectivity index (χ3n) is 6.82. The second-order valence-electron chi connectivity index (χ2n) is 11.0. The van der Waals surface area contributed by atoms with Gasteiger partial charge in [0.05, 0.1) is 19.6 Å². The lowest BCUT2D eigenvalue weighted by Crippen LogP contribution is -2.84. The number of carboxylic acid groups (broad SMARTS) is 2. The van der Waals surface area contributed by atoms with Crippen LogP contribution in [-0.2, 0) is 30.4 Å². The first kappa shape index (κ1) is 45.1. The maximum Gasteiger partial charge on any atom is 0.430 e. The van der Waals surface area contributed by atoms with Crippen LogP contribution in [0.5, 0.6) is 0 Å². The lowest BCUT2D eigenvalue weighted by molar-refractivity contribution is -0.671. The van der Waals surface area contributed by atoms with Crippen molar-refractivity contribution in [1.82, 2.24) is 9.55 Å². The Labute approximate surface area is 294 Å². The summed E-state index contributed by atoms with van der Waals surface area (Å²) in [4.78, 5) is 45.3. The highest BCUT2D eigenvalue weighted by Gasteiger charge is 2.30. The fraction of sp³-hybridized carbons (Fsp3) is 0.581. The van der Waals surface area contributed by atoms with E-state index in [1.54, 1.807) is 12.3 Å². The molecule has 2 heterocycles. The van der Waals surface area contributed by atoms with Crippen LogP contribution in [-0.4, -0.2) is 77.2 Å². The molecule has 1 aromatic heterocycles. The number of ether oxygens (including phenoxy) is 2. The molecule has 1 aliphatic rings. The molecular weight excluding hydrogens is 716 g/mol. The van der Waals surface area contributed by atoms with Crippen molar-refractivity contribution in [2.24, 2.45) is 0 Å².